The zero-order chi connectivity index (χ0) is 14.3. The van der Waals surface area contributed by atoms with Crippen molar-refractivity contribution in [1.82, 2.24) is 5.32 Å². The van der Waals surface area contributed by atoms with Crippen LogP contribution >= 0.6 is 11.8 Å². The Bertz CT molecular complexity index is 475. The molecule has 2 rings (SSSR count). The summed E-state index contributed by atoms with van der Waals surface area (Å²) >= 11 is 1.79. The van der Waals surface area contributed by atoms with Crippen molar-refractivity contribution in [3.8, 4) is 6.07 Å². The number of hydrogen-bond donors (Lipinski definition) is 1. The van der Waals surface area contributed by atoms with Crippen LogP contribution in [0.5, 0.6) is 0 Å². The number of rotatable bonds is 6. The minimum absolute atomic E-state index is 0.0674. The maximum absolute atomic E-state index is 12.1. The van der Waals surface area contributed by atoms with Gasteiger partial charge in [-0.05, 0) is 37.1 Å². The fourth-order valence-corrected chi connectivity index (χ4v) is 3.39. The van der Waals surface area contributed by atoms with E-state index in [4.69, 9.17) is 0 Å². The fraction of sp³-hybridized carbons (Fsp3) is 0.500. The molecule has 1 aliphatic carbocycles. The first-order valence-electron chi connectivity index (χ1n) is 7.14. The summed E-state index contributed by atoms with van der Waals surface area (Å²) in [6.07, 6.45) is 4.34. The van der Waals surface area contributed by atoms with Gasteiger partial charge in [-0.15, -0.1) is 11.8 Å². The summed E-state index contributed by atoms with van der Waals surface area (Å²) in [6.45, 7) is 0.655. The number of nitrogens with one attached hydrogen (secondary N) is 1. The minimum atomic E-state index is -0.743. The molecule has 0 radical (unpaired) electrons. The molecule has 106 valence electrons. The van der Waals surface area contributed by atoms with Gasteiger partial charge in [0.15, 0.2) is 0 Å². The molecule has 0 heterocycles. The molecule has 0 saturated heterocycles. The summed E-state index contributed by atoms with van der Waals surface area (Å²) in [4.78, 5) is 13.3. The van der Waals surface area contributed by atoms with Crippen LogP contribution in [0.2, 0.25) is 0 Å². The number of carbonyl (C=O) groups is 1. The number of carbonyl (C=O) groups excluding carboxylic acids is 1. The third kappa shape index (κ3) is 3.77. The molecule has 1 aromatic carbocycles. The van der Waals surface area contributed by atoms with Crippen LogP contribution < -0.4 is 5.32 Å². The highest BCUT2D eigenvalue weighted by Crippen LogP contribution is 2.37. The predicted molar refractivity (Wildman–Crippen MR) is 81.3 cm³/mol. The quantitative estimate of drug-likeness (QED) is 0.645. The average Bonchev–Trinajstić information content (AvgIpc) is 2.98. The van der Waals surface area contributed by atoms with E-state index in [-0.39, 0.29) is 5.91 Å². The smallest absolute Gasteiger partial charge is 0.240 e. The van der Waals surface area contributed by atoms with E-state index in [2.05, 4.69) is 23.5 Å². The van der Waals surface area contributed by atoms with Gasteiger partial charge in [-0.3, -0.25) is 4.79 Å². The van der Waals surface area contributed by atoms with Crippen molar-refractivity contribution < 1.29 is 4.79 Å². The monoisotopic (exact) mass is 288 g/mol. The van der Waals surface area contributed by atoms with E-state index in [9.17, 15) is 10.1 Å². The van der Waals surface area contributed by atoms with Crippen LogP contribution in [-0.2, 0) is 4.79 Å². The average molecular weight is 288 g/mol. The molecular formula is C16H20N2OS. The third-order valence-corrected chi connectivity index (χ3v) is 4.82. The van der Waals surface area contributed by atoms with Gasteiger partial charge in [0, 0.05) is 11.4 Å². The van der Waals surface area contributed by atoms with Crippen LogP contribution in [0.15, 0.2) is 35.2 Å². The van der Waals surface area contributed by atoms with Crippen LogP contribution in [0.3, 0.4) is 0 Å². The van der Waals surface area contributed by atoms with Crippen LogP contribution in [-0.4, -0.2) is 18.2 Å². The molecule has 0 atom stereocenters. The number of benzene rings is 1. The standard InChI is InChI=1S/C16H20N2OS/c17-13-16(9-4-5-10-16)15(19)18-11-6-12-20-14-7-2-1-3-8-14/h1-3,7-8H,4-6,9-12H2,(H,18,19). The Labute approximate surface area is 124 Å². The van der Waals surface area contributed by atoms with Gasteiger partial charge < -0.3 is 5.32 Å². The highest BCUT2D eigenvalue weighted by atomic mass is 32.2. The first-order valence-corrected chi connectivity index (χ1v) is 8.13. The highest BCUT2D eigenvalue weighted by molar-refractivity contribution is 7.99. The van der Waals surface area contributed by atoms with Gasteiger partial charge in [-0.1, -0.05) is 31.0 Å². The van der Waals surface area contributed by atoms with Gasteiger partial charge in [0.1, 0.15) is 5.41 Å². The van der Waals surface area contributed by atoms with Gasteiger partial charge >= 0.3 is 0 Å². The lowest BCUT2D eigenvalue weighted by molar-refractivity contribution is -0.127. The fourth-order valence-electron chi connectivity index (χ4n) is 2.52. The van der Waals surface area contributed by atoms with Gasteiger partial charge in [-0.2, -0.15) is 5.26 Å². The van der Waals surface area contributed by atoms with Gasteiger partial charge in [0.25, 0.3) is 0 Å². The van der Waals surface area contributed by atoms with Crippen LogP contribution in [0.25, 0.3) is 0 Å². The van der Waals surface area contributed by atoms with E-state index >= 15 is 0 Å². The van der Waals surface area contributed by atoms with Crippen molar-refractivity contribution in [2.45, 2.75) is 37.0 Å². The van der Waals surface area contributed by atoms with Crippen molar-refractivity contribution in [1.29, 1.82) is 5.26 Å². The SMILES string of the molecule is N#CC1(C(=O)NCCCSc2ccccc2)CCCC1. The van der Waals surface area contributed by atoms with Crippen molar-refractivity contribution >= 4 is 17.7 Å². The molecule has 1 saturated carbocycles. The van der Waals surface area contributed by atoms with Gasteiger partial charge in [0.2, 0.25) is 5.91 Å². The van der Waals surface area contributed by atoms with E-state index in [0.29, 0.717) is 19.4 Å². The molecular weight excluding hydrogens is 268 g/mol. The number of thioether (sulfide) groups is 1. The van der Waals surface area contributed by atoms with Crippen molar-refractivity contribution in [2.24, 2.45) is 5.41 Å². The van der Waals surface area contributed by atoms with Crippen molar-refractivity contribution in [2.75, 3.05) is 12.3 Å². The molecule has 1 aliphatic rings. The van der Waals surface area contributed by atoms with E-state index in [0.717, 1.165) is 25.0 Å². The van der Waals surface area contributed by atoms with E-state index in [1.807, 2.05) is 18.2 Å². The second kappa shape index (κ2) is 7.35. The molecule has 0 unspecified atom stereocenters. The number of nitriles is 1. The molecule has 20 heavy (non-hydrogen) atoms. The second-order valence-electron chi connectivity index (χ2n) is 5.17. The summed E-state index contributed by atoms with van der Waals surface area (Å²) < 4.78 is 0. The molecule has 0 aromatic heterocycles. The normalized spacial score (nSPS) is 16.6. The maximum Gasteiger partial charge on any atom is 0.240 e. The summed E-state index contributed by atoms with van der Waals surface area (Å²) in [5, 5.41) is 12.2. The summed E-state index contributed by atoms with van der Waals surface area (Å²) in [7, 11) is 0. The topological polar surface area (TPSA) is 52.9 Å². The Morgan fingerprint density at radius 2 is 2.00 bits per heavy atom. The minimum Gasteiger partial charge on any atom is -0.355 e. The number of nitrogens with zero attached hydrogens (tertiary/aromatic N) is 1. The maximum atomic E-state index is 12.1. The highest BCUT2D eigenvalue weighted by Gasteiger charge is 2.41. The molecule has 3 nitrogen and oxygen atoms in total. The van der Waals surface area contributed by atoms with Gasteiger partial charge in [0.05, 0.1) is 6.07 Å². The molecule has 0 bridgehead atoms. The van der Waals surface area contributed by atoms with Crippen LogP contribution in [0.1, 0.15) is 32.1 Å². The lowest BCUT2D eigenvalue weighted by Crippen LogP contribution is -2.38. The Kier molecular flexibility index (Phi) is 5.49. The summed E-state index contributed by atoms with van der Waals surface area (Å²) in [5.41, 5.74) is -0.743. The summed E-state index contributed by atoms with van der Waals surface area (Å²) in [5.74, 6) is 0.909. The molecule has 1 fully saturated rings. The van der Waals surface area contributed by atoms with Crippen LogP contribution in [0.4, 0.5) is 0 Å². The van der Waals surface area contributed by atoms with Gasteiger partial charge in [-0.25, -0.2) is 0 Å². The lowest BCUT2D eigenvalue weighted by Gasteiger charge is -2.19. The number of amides is 1. The largest absolute Gasteiger partial charge is 0.355 e. The first-order chi connectivity index (χ1) is 9.77. The van der Waals surface area contributed by atoms with E-state index in [1.54, 1.807) is 11.8 Å². The lowest BCUT2D eigenvalue weighted by atomic mass is 9.87. The predicted octanol–water partition coefficient (Wildman–Crippen LogP) is 3.37. The van der Waals surface area contributed by atoms with E-state index in [1.165, 1.54) is 4.90 Å². The molecule has 4 heteroatoms. The Morgan fingerprint density at radius 1 is 1.30 bits per heavy atom. The molecule has 1 aromatic rings. The molecule has 1 N–H and O–H groups in total. The zero-order valence-corrected chi connectivity index (χ0v) is 12.4. The Balaban J connectivity index is 1.66. The van der Waals surface area contributed by atoms with Crippen molar-refractivity contribution in [3.63, 3.8) is 0 Å². The zero-order valence-electron chi connectivity index (χ0n) is 11.6. The van der Waals surface area contributed by atoms with E-state index < -0.39 is 5.41 Å². The molecule has 0 aliphatic heterocycles. The summed E-state index contributed by atoms with van der Waals surface area (Å²) in [6, 6.07) is 12.5. The third-order valence-electron chi connectivity index (χ3n) is 3.72. The Morgan fingerprint density at radius 3 is 2.65 bits per heavy atom. The molecule has 0 spiro atoms. The number of hydrogen-bond acceptors (Lipinski definition) is 3. The molecule has 1 amide bonds. The van der Waals surface area contributed by atoms with Crippen molar-refractivity contribution in [3.05, 3.63) is 30.3 Å². The van der Waals surface area contributed by atoms with Crippen LogP contribution in [0, 0.1) is 16.7 Å². The first kappa shape index (κ1) is 14.9. The second-order valence-corrected chi connectivity index (χ2v) is 6.34. The Hall–Kier alpha value is -1.47.